The first kappa shape index (κ1) is 20.3. The van der Waals surface area contributed by atoms with Crippen molar-refractivity contribution in [2.24, 2.45) is 0 Å². The molecule has 0 aliphatic rings. The van der Waals surface area contributed by atoms with Crippen LogP contribution in [0.4, 0.5) is 10.1 Å². The Hall–Kier alpha value is -2.97. The second-order valence-electron chi connectivity index (χ2n) is 6.75. The zero-order valence-corrected chi connectivity index (χ0v) is 17.7. The van der Waals surface area contributed by atoms with Gasteiger partial charge >= 0.3 is 0 Å². The number of nitrogens with zero attached hydrogens (tertiary/aromatic N) is 2. The quantitative estimate of drug-likeness (QED) is 0.350. The van der Waals surface area contributed by atoms with Crippen LogP contribution in [0.1, 0.15) is 11.1 Å². The van der Waals surface area contributed by atoms with Gasteiger partial charge in [-0.2, -0.15) is 0 Å². The highest BCUT2D eigenvalue weighted by atomic mass is 32.2. The number of thioether (sulfide) groups is 1. The van der Waals surface area contributed by atoms with E-state index in [1.165, 1.54) is 39.8 Å². The standard InChI is InChI=1S/C22H18FN3O2S2/c1-14-3-2-4-17(11-14)24-19(27)13-30-22-25-18-9-10-29-20(18)21(28)26(22)12-15-5-7-16(23)8-6-15/h2-11H,12-13H2,1H3,(H,24,27). The van der Waals surface area contributed by atoms with Crippen LogP contribution in [0.25, 0.3) is 10.2 Å². The van der Waals surface area contributed by atoms with E-state index in [2.05, 4.69) is 10.3 Å². The van der Waals surface area contributed by atoms with Gasteiger partial charge in [0.1, 0.15) is 10.5 Å². The molecule has 0 atom stereocenters. The van der Waals surface area contributed by atoms with Gasteiger partial charge in [0, 0.05) is 5.69 Å². The summed E-state index contributed by atoms with van der Waals surface area (Å²) in [5, 5.41) is 5.13. The smallest absolute Gasteiger partial charge is 0.272 e. The number of aryl methyl sites for hydroxylation is 1. The Kier molecular flexibility index (Phi) is 5.96. The number of hydrogen-bond donors (Lipinski definition) is 1. The van der Waals surface area contributed by atoms with E-state index < -0.39 is 0 Å². The number of carbonyl (C=O) groups is 1. The summed E-state index contributed by atoms with van der Waals surface area (Å²) in [6.45, 7) is 2.21. The minimum atomic E-state index is -0.333. The molecular weight excluding hydrogens is 421 g/mol. The van der Waals surface area contributed by atoms with Gasteiger partial charge in [-0.25, -0.2) is 9.37 Å². The summed E-state index contributed by atoms with van der Waals surface area (Å²) >= 11 is 2.54. The molecule has 2 aromatic heterocycles. The van der Waals surface area contributed by atoms with Gasteiger partial charge in [-0.15, -0.1) is 11.3 Å². The van der Waals surface area contributed by atoms with Crippen molar-refractivity contribution in [1.82, 2.24) is 9.55 Å². The summed E-state index contributed by atoms with van der Waals surface area (Å²) in [6.07, 6.45) is 0. The number of hydrogen-bond acceptors (Lipinski definition) is 5. The Labute approximate surface area is 180 Å². The fraction of sp³-hybridized carbons (Fsp3) is 0.136. The molecule has 4 rings (SSSR count). The van der Waals surface area contributed by atoms with Crippen LogP contribution in [0.2, 0.25) is 0 Å². The predicted octanol–water partition coefficient (Wildman–Crippen LogP) is 4.68. The summed E-state index contributed by atoms with van der Waals surface area (Å²) in [4.78, 5) is 30.0. The molecule has 30 heavy (non-hydrogen) atoms. The Bertz CT molecular complexity index is 1270. The van der Waals surface area contributed by atoms with Crippen LogP contribution in [0.15, 0.2) is 69.9 Å². The maximum Gasteiger partial charge on any atom is 0.272 e. The molecule has 0 radical (unpaired) electrons. The third-order valence-electron chi connectivity index (χ3n) is 4.42. The van der Waals surface area contributed by atoms with Crippen molar-refractivity contribution in [1.29, 1.82) is 0 Å². The third kappa shape index (κ3) is 4.60. The number of aromatic nitrogens is 2. The first-order valence-corrected chi connectivity index (χ1v) is 11.1. The second kappa shape index (κ2) is 8.81. The van der Waals surface area contributed by atoms with Crippen molar-refractivity contribution in [2.75, 3.05) is 11.1 Å². The number of amides is 1. The molecule has 1 amide bonds. The molecule has 1 N–H and O–H groups in total. The van der Waals surface area contributed by atoms with E-state index in [0.717, 1.165) is 16.8 Å². The van der Waals surface area contributed by atoms with Gasteiger partial charge in [-0.3, -0.25) is 14.2 Å². The lowest BCUT2D eigenvalue weighted by atomic mass is 10.2. The lowest BCUT2D eigenvalue weighted by Crippen LogP contribution is -2.24. The first-order chi connectivity index (χ1) is 14.5. The van der Waals surface area contributed by atoms with Crippen LogP contribution < -0.4 is 10.9 Å². The molecule has 2 aromatic carbocycles. The van der Waals surface area contributed by atoms with E-state index in [1.54, 1.807) is 18.2 Å². The number of benzene rings is 2. The predicted molar refractivity (Wildman–Crippen MR) is 120 cm³/mol. The van der Waals surface area contributed by atoms with Crippen molar-refractivity contribution in [3.63, 3.8) is 0 Å². The van der Waals surface area contributed by atoms with Crippen LogP contribution >= 0.6 is 23.1 Å². The third-order valence-corrected chi connectivity index (χ3v) is 6.29. The van der Waals surface area contributed by atoms with Crippen LogP contribution in [0.5, 0.6) is 0 Å². The number of carbonyl (C=O) groups excluding carboxylic acids is 1. The van der Waals surface area contributed by atoms with Gasteiger partial charge in [0.05, 0.1) is 17.8 Å². The summed E-state index contributed by atoms with van der Waals surface area (Å²) < 4.78 is 15.3. The van der Waals surface area contributed by atoms with E-state index in [0.29, 0.717) is 15.4 Å². The number of anilines is 1. The first-order valence-electron chi connectivity index (χ1n) is 9.21. The molecule has 0 saturated heterocycles. The van der Waals surface area contributed by atoms with E-state index in [-0.39, 0.29) is 29.6 Å². The monoisotopic (exact) mass is 439 g/mol. The van der Waals surface area contributed by atoms with Gasteiger partial charge in [-0.05, 0) is 53.8 Å². The van der Waals surface area contributed by atoms with Crippen molar-refractivity contribution in [2.45, 2.75) is 18.6 Å². The highest BCUT2D eigenvalue weighted by Gasteiger charge is 2.15. The SMILES string of the molecule is Cc1cccc(NC(=O)CSc2nc3ccsc3c(=O)n2Cc2ccc(F)cc2)c1. The van der Waals surface area contributed by atoms with Crippen molar-refractivity contribution in [3.05, 3.63) is 87.3 Å². The lowest BCUT2D eigenvalue weighted by Gasteiger charge is -2.12. The highest BCUT2D eigenvalue weighted by molar-refractivity contribution is 7.99. The molecule has 152 valence electrons. The van der Waals surface area contributed by atoms with Crippen molar-refractivity contribution >= 4 is 44.9 Å². The second-order valence-corrected chi connectivity index (χ2v) is 8.61. The molecule has 0 fully saturated rings. The topological polar surface area (TPSA) is 64.0 Å². The minimum absolute atomic E-state index is 0.111. The molecule has 0 bridgehead atoms. The Morgan fingerprint density at radius 3 is 2.77 bits per heavy atom. The largest absolute Gasteiger partial charge is 0.325 e. The molecule has 0 aliphatic carbocycles. The molecule has 0 spiro atoms. The van der Waals surface area contributed by atoms with Gasteiger partial charge in [0.15, 0.2) is 5.16 Å². The van der Waals surface area contributed by atoms with E-state index in [9.17, 15) is 14.0 Å². The number of fused-ring (bicyclic) bond motifs is 1. The fourth-order valence-corrected chi connectivity index (χ4v) is 4.57. The Balaban J connectivity index is 1.58. The Morgan fingerprint density at radius 1 is 1.20 bits per heavy atom. The average molecular weight is 440 g/mol. The average Bonchev–Trinajstić information content (AvgIpc) is 3.19. The Morgan fingerprint density at radius 2 is 2.00 bits per heavy atom. The van der Waals surface area contributed by atoms with E-state index in [1.807, 2.05) is 36.6 Å². The molecule has 5 nitrogen and oxygen atoms in total. The fourth-order valence-electron chi connectivity index (χ4n) is 3.00. The lowest BCUT2D eigenvalue weighted by molar-refractivity contribution is -0.113. The zero-order valence-electron chi connectivity index (χ0n) is 16.1. The summed E-state index contributed by atoms with van der Waals surface area (Å²) in [6, 6.07) is 15.3. The maximum absolute atomic E-state index is 13.2. The normalized spacial score (nSPS) is 11.0. The van der Waals surface area contributed by atoms with Crippen LogP contribution in [-0.4, -0.2) is 21.2 Å². The molecule has 4 aromatic rings. The molecule has 0 saturated carbocycles. The maximum atomic E-state index is 13.2. The number of thiophene rings is 1. The van der Waals surface area contributed by atoms with Crippen LogP contribution in [-0.2, 0) is 11.3 Å². The number of nitrogens with one attached hydrogen (secondary N) is 1. The summed E-state index contributed by atoms with van der Waals surface area (Å²) in [5.74, 6) is -0.404. The number of halogens is 1. The summed E-state index contributed by atoms with van der Waals surface area (Å²) in [5.41, 5.74) is 3.01. The molecule has 0 aliphatic heterocycles. The zero-order chi connectivity index (χ0) is 21.1. The van der Waals surface area contributed by atoms with Crippen LogP contribution in [0.3, 0.4) is 0 Å². The van der Waals surface area contributed by atoms with Gasteiger partial charge in [0.25, 0.3) is 5.56 Å². The highest BCUT2D eigenvalue weighted by Crippen LogP contribution is 2.22. The van der Waals surface area contributed by atoms with Crippen molar-refractivity contribution in [3.8, 4) is 0 Å². The van der Waals surface area contributed by atoms with E-state index >= 15 is 0 Å². The summed E-state index contributed by atoms with van der Waals surface area (Å²) in [7, 11) is 0. The molecule has 8 heteroatoms. The van der Waals surface area contributed by atoms with Gasteiger partial charge < -0.3 is 5.32 Å². The van der Waals surface area contributed by atoms with Crippen molar-refractivity contribution < 1.29 is 9.18 Å². The minimum Gasteiger partial charge on any atom is -0.325 e. The van der Waals surface area contributed by atoms with Gasteiger partial charge in [-0.1, -0.05) is 36.0 Å². The molecule has 2 heterocycles. The van der Waals surface area contributed by atoms with Gasteiger partial charge in [0.2, 0.25) is 5.91 Å². The van der Waals surface area contributed by atoms with E-state index in [4.69, 9.17) is 0 Å². The van der Waals surface area contributed by atoms with Crippen LogP contribution in [0, 0.1) is 12.7 Å². The molecular formula is C22H18FN3O2S2. The number of rotatable bonds is 6. The molecule has 0 unspecified atom stereocenters.